The smallest absolute Gasteiger partial charge is 0.255 e. The summed E-state index contributed by atoms with van der Waals surface area (Å²) in [7, 11) is 0. The zero-order valence-corrected chi connectivity index (χ0v) is 15.5. The molecule has 2 aromatic rings. The molecule has 3 rings (SSSR count). The van der Waals surface area contributed by atoms with Gasteiger partial charge in [-0.1, -0.05) is 18.2 Å². The molecule has 1 aliphatic rings. The number of hydrogen-bond donors (Lipinski definition) is 2. The van der Waals surface area contributed by atoms with E-state index in [2.05, 4.69) is 15.5 Å². The average molecular weight is 367 g/mol. The molecule has 6 heteroatoms. The fraction of sp³-hybridized carbons (Fsp3) is 0.333. The minimum Gasteiger partial charge on any atom is -0.379 e. The number of carbonyl (C=O) groups excluding carboxylic acids is 2. The fourth-order valence-electron chi connectivity index (χ4n) is 2.93. The van der Waals surface area contributed by atoms with E-state index in [9.17, 15) is 9.59 Å². The van der Waals surface area contributed by atoms with Crippen LogP contribution in [0.2, 0.25) is 0 Å². The molecule has 0 atom stereocenters. The number of carbonyl (C=O) groups is 2. The summed E-state index contributed by atoms with van der Waals surface area (Å²) < 4.78 is 5.31. The maximum Gasteiger partial charge on any atom is 0.255 e. The zero-order chi connectivity index (χ0) is 19.1. The van der Waals surface area contributed by atoms with E-state index in [4.69, 9.17) is 4.74 Å². The molecule has 1 aliphatic heterocycles. The normalized spacial score (nSPS) is 14.6. The summed E-state index contributed by atoms with van der Waals surface area (Å²) in [5.74, 6) is -0.322. The molecule has 0 aromatic heterocycles. The number of nitrogens with one attached hydrogen (secondary N) is 2. The van der Waals surface area contributed by atoms with Crippen LogP contribution in [-0.2, 0) is 4.74 Å². The number of benzene rings is 2. The Bertz CT molecular complexity index is 784. The number of amides is 2. The Morgan fingerprint density at radius 1 is 0.963 bits per heavy atom. The van der Waals surface area contributed by atoms with Crippen molar-refractivity contribution in [2.24, 2.45) is 0 Å². The van der Waals surface area contributed by atoms with Crippen LogP contribution in [0.15, 0.2) is 48.5 Å². The van der Waals surface area contributed by atoms with E-state index in [1.165, 1.54) is 0 Å². The molecule has 6 nitrogen and oxygen atoms in total. The molecule has 0 spiro atoms. The highest BCUT2D eigenvalue weighted by Crippen LogP contribution is 2.15. The van der Waals surface area contributed by atoms with Crippen molar-refractivity contribution in [1.29, 1.82) is 0 Å². The molecule has 0 aliphatic carbocycles. The van der Waals surface area contributed by atoms with Gasteiger partial charge < -0.3 is 15.4 Å². The lowest BCUT2D eigenvalue weighted by Crippen LogP contribution is -2.41. The predicted molar refractivity (Wildman–Crippen MR) is 105 cm³/mol. The van der Waals surface area contributed by atoms with E-state index in [0.29, 0.717) is 17.7 Å². The van der Waals surface area contributed by atoms with Crippen LogP contribution in [0.25, 0.3) is 0 Å². The van der Waals surface area contributed by atoms with E-state index < -0.39 is 0 Å². The zero-order valence-electron chi connectivity index (χ0n) is 15.5. The first-order valence-electron chi connectivity index (χ1n) is 9.19. The number of anilines is 1. The number of morpholine rings is 1. The molecule has 0 bridgehead atoms. The molecule has 2 amide bonds. The molecule has 0 radical (unpaired) electrons. The Balaban J connectivity index is 1.50. The van der Waals surface area contributed by atoms with Crippen LogP contribution in [0, 0.1) is 6.92 Å². The standard InChI is InChI=1S/C21H25N3O3/c1-16-4-2-3-5-19(16)23-21(26)18-8-6-17(7-9-18)20(25)22-10-11-24-12-14-27-15-13-24/h2-9H,10-15H2,1H3,(H,22,25)(H,23,26). The van der Waals surface area contributed by atoms with E-state index in [1.54, 1.807) is 24.3 Å². The van der Waals surface area contributed by atoms with Crippen molar-refractivity contribution in [2.45, 2.75) is 6.92 Å². The van der Waals surface area contributed by atoms with Crippen LogP contribution in [0.1, 0.15) is 26.3 Å². The molecule has 27 heavy (non-hydrogen) atoms. The number of nitrogens with zero attached hydrogens (tertiary/aromatic N) is 1. The van der Waals surface area contributed by atoms with Crippen LogP contribution in [0.5, 0.6) is 0 Å². The second-order valence-corrected chi connectivity index (χ2v) is 6.56. The average Bonchev–Trinajstić information content (AvgIpc) is 2.70. The lowest BCUT2D eigenvalue weighted by molar-refractivity contribution is 0.0383. The fourth-order valence-corrected chi connectivity index (χ4v) is 2.93. The molecular weight excluding hydrogens is 342 g/mol. The minimum atomic E-state index is -0.191. The summed E-state index contributed by atoms with van der Waals surface area (Å²) in [4.78, 5) is 26.9. The van der Waals surface area contributed by atoms with E-state index >= 15 is 0 Å². The van der Waals surface area contributed by atoms with Gasteiger partial charge in [0.1, 0.15) is 0 Å². The molecule has 1 fully saturated rings. The van der Waals surface area contributed by atoms with Gasteiger partial charge in [0, 0.05) is 43.0 Å². The van der Waals surface area contributed by atoms with Crippen molar-refractivity contribution < 1.29 is 14.3 Å². The highest BCUT2D eigenvalue weighted by atomic mass is 16.5. The number of ether oxygens (including phenoxy) is 1. The number of para-hydroxylation sites is 1. The van der Waals surface area contributed by atoms with Gasteiger partial charge in [-0.15, -0.1) is 0 Å². The minimum absolute atomic E-state index is 0.130. The first kappa shape index (κ1) is 19.1. The Morgan fingerprint density at radius 3 is 2.26 bits per heavy atom. The molecule has 0 unspecified atom stereocenters. The first-order chi connectivity index (χ1) is 13.1. The Hall–Kier alpha value is -2.70. The summed E-state index contributed by atoms with van der Waals surface area (Å²) in [5, 5.41) is 5.81. The topological polar surface area (TPSA) is 70.7 Å². The third kappa shape index (κ3) is 5.39. The van der Waals surface area contributed by atoms with Gasteiger partial charge in [-0.05, 0) is 42.8 Å². The van der Waals surface area contributed by atoms with Gasteiger partial charge in [0.2, 0.25) is 0 Å². The number of hydrogen-bond acceptors (Lipinski definition) is 4. The maximum atomic E-state index is 12.4. The SMILES string of the molecule is Cc1ccccc1NC(=O)c1ccc(C(=O)NCCN2CCOCC2)cc1. The molecule has 2 N–H and O–H groups in total. The van der Waals surface area contributed by atoms with Gasteiger partial charge in [-0.2, -0.15) is 0 Å². The third-order valence-corrected chi connectivity index (χ3v) is 4.62. The molecule has 2 aromatic carbocycles. The lowest BCUT2D eigenvalue weighted by atomic mass is 10.1. The largest absolute Gasteiger partial charge is 0.379 e. The molecule has 142 valence electrons. The van der Waals surface area contributed by atoms with Gasteiger partial charge in [0.25, 0.3) is 11.8 Å². The highest BCUT2D eigenvalue weighted by molar-refractivity contribution is 6.05. The van der Waals surface area contributed by atoms with Crippen LogP contribution in [-0.4, -0.2) is 56.1 Å². The first-order valence-corrected chi connectivity index (χ1v) is 9.19. The summed E-state index contributed by atoms with van der Waals surface area (Å²) in [6.45, 7) is 6.65. The molecule has 1 saturated heterocycles. The highest BCUT2D eigenvalue weighted by Gasteiger charge is 2.12. The van der Waals surface area contributed by atoms with Gasteiger partial charge in [-0.25, -0.2) is 0 Å². The summed E-state index contributed by atoms with van der Waals surface area (Å²) in [5.41, 5.74) is 2.85. The van der Waals surface area contributed by atoms with E-state index in [1.807, 2.05) is 31.2 Å². The Kier molecular flexibility index (Phi) is 6.57. The monoisotopic (exact) mass is 367 g/mol. The van der Waals surface area contributed by atoms with Crippen molar-refractivity contribution in [1.82, 2.24) is 10.2 Å². The Morgan fingerprint density at radius 2 is 1.59 bits per heavy atom. The van der Waals surface area contributed by atoms with Gasteiger partial charge in [0.15, 0.2) is 0 Å². The predicted octanol–water partition coefficient (Wildman–Crippen LogP) is 2.31. The lowest BCUT2D eigenvalue weighted by Gasteiger charge is -2.26. The van der Waals surface area contributed by atoms with Crippen LogP contribution < -0.4 is 10.6 Å². The van der Waals surface area contributed by atoms with Gasteiger partial charge >= 0.3 is 0 Å². The van der Waals surface area contributed by atoms with Crippen LogP contribution in [0.3, 0.4) is 0 Å². The van der Waals surface area contributed by atoms with Crippen molar-refractivity contribution in [3.05, 3.63) is 65.2 Å². The molecule has 0 saturated carbocycles. The maximum absolute atomic E-state index is 12.4. The van der Waals surface area contributed by atoms with Crippen molar-refractivity contribution in [3.8, 4) is 0 Å². The van der Waals surface area contributed by atoms with Gasteiger partial charge in [0.05, 0.1) is 13.2 Å². The van der Waals surface area contributed by atoms with E-state index in [-0.39, 0.29) is 11.8 Å². The van der Waals surface area contributed by atoms with Crippen molar-refractivity contribution in [3.63, 3.8) is 0 Å². The van der Waals surface area contributed by atoms with E-state index in [0.717, 1.165) is 44.1 Å². The molecule has 1 heterocycles. The Labute approximate surface area is 159 Å². The van der Waals surface area contributed by atoms with Gasteiger partial charge in [-0.3, -0.25) is 14.5 Å². The number of rotatable bonds is 6. The molecular formula is C21H25N3O3. The summed E-state index contributed by atoms with van der Waals surface area (Å²) in [6.07, 6.45) is 0. The second kappa shape index (κ2) is 9.30. The van der Waals surface area contributed by atoms with Crippen LogP contribution >= 0.6 is 0 Å². The van der Waals surface area contributed by atoms with Crippen molar-refractivity contribution >= 4 is 17.5 Å². The van der Waals surface area contributed by atoms with Crippen LogP contribution in [0.4, 0.5) is 5.69 Å². The van der Waals surface area contributed by atoms with Crippen molar-refractivity contribution in [2.75, 3.05) is 44.7 Å². The summed E-state index contributed by atoms with van der Waals surface area (Å²) in [6, 6.07) is 14.3. The summed E-state index contributed by atoms with van der Waals surface area (Å²) >= 11 is 0. The second-order valence-electron chi connectivity index (χ2n) is 6.56. The third-order valence-electron chi connectivity index (χ3n) is 4.62. The number of aryl methyl sites for hydroxylation is 1. The quantitative estimate of drug-likeness (QED) is 0.822.